The van der Waals surface area contributed by atoms with Gasteiger partial charge in [-0.2, -0.15) is 0 Å². The second kappa shape index (κ2) is 12.3. The molecule has 0 fully saturated rings. The van der Waals surface area contributed by atoms with Gasteiger partial charge in [0.05, 0.1) is 10.6 Å². The maximum Gasteiger partial charge on any atom is 0.247 e. The fraction of sp³-hybridized carbons (Fsp3) is 0.200. The van der Waals surface area contributed by atoms with Gasteiger partial charge >= 0.3 is 0 Å². The summed E-state index contributed by atoms with van der Waals surface area (Å²) in [5, 5.41) is 12.1. The van der Waals surface area contributed by atoms with Crippen molar-refractivity contribution in [2.45, 2.75) is 26.8 Å². The molecule has 0 aliphatic carbocycles. The van der Waals surface area contributed by atoms with Crippen molar-refractivity contribution in [2.24, 2.45) is 0 Å². The van der Waals surface area contributed by atoms with E-state index < -0.39 is 11.0 Å². The number of aryl methyl sites for hydroxylation is 1. The van der Waals surface area contributed by atoms with Crippen molar-refractivity contribution in [1.82, 2.24) is 15.3 Å². The first kappa shape index (κ1) is 26.2. The van der Waals surface area contributed by atoms with Crippen molar-refractivity contribution < 1.29 is 19.4 Å². The Morgan fingerprint density at radius 2 is 1.91 bits per heavy atom. The first-order chi connectivity index (χ1) is 16.8. The standard InChI is InChI=1S/C25H25ClN4O4S/c1-15(24(32)29-14-17-13-28-16(2)30-23(17)27)21(11-12-31)35-25(33)22-19(26)9-6-10-20(22)34-18-7-4-3-5-8-18/h3-10,13,31H,11-12,14H2,1-2H3,(H,29,32)(H2,27,28,30)/b21-15-. The van der Waals surface area contributed by atoms with Crippen molar-refractivity contribution >= 4 is 40.2 Å². The molecule has 8 nitrogen and oxygen atoms in total. The number of nitrogens with two attached hydrogens (primary N) is 1. The average Bonchev–Trinajstić information content (AvgIpc) is 2.83. The van der Waals surface area contributed by atoms with E-state index in [1.807, 2.05) is 18.2 Å². The van der Waals surface area contributed by atoms with Crippen LogP contribution >= 0.6 is 23.4 Å². The molecule has 2 aromatic carbocycles. The first-order valence-corrected chi connectivity index (χ1v) is 11.9. The van der Waals surface area contributed by atoms with Crippen LogP contribution in [0.15, 0.2) is 65.2 Å². The van der Waals surface area contributed by atoms with Crippen LogP contribution in [0.5, 0.6) is 11.5 Å². The van der Waals surface area contributed by atoms with E-state index in [1.54, 1.807) is 50.4 Å². The Labute approximate surface area is 212 Å². The summed E-state index contributed by atoms with van der Waals surface area (Å²) in [6.07, 6.45) is 1.67. The molecule has 0 aliphatic rings. The average molecular weight is 513 g/mol. The third kappa shape index (κ3) is 7.05. The summed E-state index contributed by atoms with van der Waals surface area (Å²) in [5.41, 5.74) is 6.93. The van der Waals surface area contributed by atoms with Gasteiger partial charge < -0.3 is 20.9 Å². The highest BCUT2D eigenvalue weighted by atomic mass is 35.5. The maximum absolute atomic E-state index is 13.3. The lowest BCUT2D eigenvalue weighted by atomic mass is 10.2. The van der Waals surface area contributed by atoms with Crippen LogP contribution in [0.3, 0.4) is 0 Å². The van der Waals surface area contributed by atoms with Gasteiger partial charge in [-0.25, -0.2) is 9.97 Å². The third-order valence-corrected chi connectivity index (χ3v) is 6.38. The molecule has 1 heterocycles. The zero-order valence-electron chi connectivity index (χ0n) is 19.2. The number of halogens is 1. The number of anilines is 1. The Morgan fingerprint density at radius 3 is 2.60 bits per heavy atom. The number of rotatable bonds is 9. The van der Waals surface area contributed by atoms with E-state index in [0.717, 1.165) is 11.8 Å². The van der Waals surface area contributed by atoms with E-state index in [-0.39, 0.29) is 36.0 Å². The highest BCUT2D eigenvalue weighted by Crippen LogP contribution is 2.36. The van der Waals surface area contributed by atoms with Crippen LogP contribution in [-0.4, -0.2) is 32.7 Å². The number of hydrogen-bond donors (Lipinski definition) is 3. The maximum atomic E-state index is 13.3. The third-order valence-electron chi connectivity index (χ3n) is 4.92. The van der Waals surface area contributed by atoms with E-state index in [4.69, 9.17) is 22.1 Å². The molecule has 182 valence electrons. The number of benzene rings is 2. The van der Waals surface area contributed by atoms with Crippen molar-refractivity contribution in [3.05, 3.63) is 87.2 Å². The predicted molar refractivity (Wildman–Crippen MR) is 137 cm³/mol. The fourth-order valence-electron chi connectivity index (χ4n) is 3.07. The minimum absolute atomic E-state index is 0.116. The van der Waals surface area contributed by atoms with Gasteiger partial charge in [-0.3, -0.25) is 9.59 Å². The van der Waals surface area contributed by atoms with Crippen LogP contribution in [0.2, 0.25) is 5.02 Å². The Morgan fingerprint density at radius 1 is 1.17 bits per heavy atom. The second-order valence-electron chi connectivity index (χ2n) is 7.45. The van der Waals surface area contributed by atoms with Gasteiger partial charge in [0, 0.05) is 41.8 Å². The summed E-state index contributed by atoms with van der Waals surface area (Å²) in [5.74, 6) is 1.25. The smallest absolute Gasteiger partial charge is 0.247 e. The number of carbonyl (C=O) groups is 2. The number of nitrogens with one attached hydrogen (secondary N) is 1. The monoisotopic (exact) mass is 512 g/mol. The second-order valence-corrected chi connectivity index (χ2v) is 8.92. The number of amides is 1. The number of hydrogen-bond acceptors (Lipinski definition) is 8. The van der Waals surface area contributed by atoms with Crippen LogP contribution < -0.4 is 15.8 Å². The quantitative estimate of drug-likeness (QED) is 0.353. The summed E-state index contributed by atoms with van der Waals surface area (Å²) in [7, 11) is 0. The number of carbonyl (C=O) groups excluding carboxylic acids is 2. The van der Waals surface area contributed by atoms with Crippen molar-refractivity contribution in [2.75, 3.05) is 12.3 Å². The molecule has 0 radical (unpaired) electrons. The number of aliphatic hydroxyl groups is 1. The topological polar surface area (TPSA) is 127 Å². The molecule has 4 N–H and O–H groups in total. The summed E-state index contributed by atoms with van der Waals surface area (Å²) < 4.78 is 5.88. The van der Waals surface area contributed by atoms with E-state index in [2.05, 4.69) is 15.3 Å². The SMILES string of the molecule is C/C(C(=O)NCc1cnc(C)nc1N)=C(\CCO)SC(=O)c1c(Cl)cccc1Oc1ccccc1. The molecular weight excluding hydrogens is 488 g/mol. The minimum atomic E-state index is -0.409. The molecule has 0 atom stereocenters. The molecule has 0 aliphatic heterocycles. The van der Waals surface area contributed by atoms with Gasteiger partial charge in [-0.1, -0.05) is 47.6 Å². The van der Waals surface area contributed by atoms with Crippen molar-refractivity contribution in [1.29, 1.82) is 0 Å². The van der Waals surface area contributed by atoms with E-state index in [0.29, 0.717) is 33.4 Å². The van der Waals surface area contributed by atoms with E-state index in [9.17, 15) is 14.7 Å². The summed E-state index contributed by atoms with van der Waals surface area (Å²) in [6.45, 7) is 3.18. The molecule has 0 saturated heterocycles. The summed E-state index contributed by atoms with van der Waals surface area (Å²) >= 11 is 7.18. The molecule has 10 heteroatoms. The number of aromatic nitrogens is 2. The Bertz CT molecular complexity index is 1250. The number of ether oxygens (including phenoxy) is 1. The zero-order chi connectivity index (χ0) is 25.4. The van der Waals surface area contributed by atoms with Gasteiger partial charge in [0.15, 0.2) is 0 Å². The zero-order valence-corrected chi connectivity index (χ0v) is 20.8. The van der Waals surface area contributed by atoms with Crippen LogP contribution in [-0.2, 0) is 11.3 Å². The first-order valence-electron chi connectivity index (χ1n) is 10.7. The number of aliphatic hydroxyl groups excluding tert-OH is 1. The molecule has 3 aromatic rings. The Hall–Kier alpha value is -3.40. The lowest BCUT2D eigenvalue weighted by Gasteiger charge is -2.14. The van der Waals surface area contributed by atoms with Crippen LogP contribution in [0, 0.1) is 6.92 Å². The molecule has 0 spiro atoms. The lowest BCUT2D eigenvalue weighted by Crippen LogP contribution is -2.25. The molecule has 1 aromatic heterocycles. The van der Waals surface area contributed by atoms with Crippen molar-refractivity contribution in [3.8, 4) is 11.5 Å². The fourth-order valence-corrected chi connectivity index (χ4v) is 4.35. The van der Waals surface area contributed by atoms with Gasteiger partial charge in [0.25, 0.3) is 0 Å². The summed E-state index contributed by atoms with van der Waals surface area (Å²) in [4.78, 5) is 34.6. The molecule has 0 saturated carbocycles. The van der Waals surface area contributed by atoms with Crippen LogP contribution in [0.4, 0.5) is 5.82 Å². The molecule has 1 amide bonds. The minimum Gasteiger partial charge on any atom is -0.457 e. The highest BCUT2D eigenvalue weighted by molar-refractivity contribution is 8.17. The van der Waals surface area contributed by atoms with E-state index in [1.165, 1.54) is 0 Å². The number of para-hydroxylation sites is 1. The Balaban J connectivity index is 1.80. The summed E-state index contributed by atoms with van der Waals surface area (Å²) in [6, 6.07) is 13.9. The lowest BCUT2D eigenvalue weighted by molar-refractivity contribution is -0.117. The van der Waals surface area contributed by atoms with Gasteiger partial charge in [-0.05, 0) is 38.1 Å². The predicted octanol–water partition coefficient (Wildman–Crippen LogP) is 4.66. The molecule has 35 heavy (non-hydrogen) atoms. The molecule has 3 rings (SSSR count). The van der Waals surface area contributed by atoms with Crippen LogP contribution in [0.1, 0.15) is 35.1 Å². The van der Waals surface area contributed by atoms with Gasteiger partial charge in [0.2, 0.25) is 11.0 Å². The van der Waals surface area contributed by atoms with Crippen LogP contribution in [0.25, 0.3) is 0 Å². The Kier molecular flexibility index (Phi) is 9.25. The van der Waals surface area contributed by atoms with Gasteiger partial charge in [-0.15, -0.1) is 0 Å². The highest BCUT2D eigenvalue weighted by Gasteiger charge is 2.22. The normalized spacial score (nSPS) is 11.5. The molecule has 0 bridgehead atoms. The van der Waals surface area contributed by atoms with Gasteiger partial charge in [0.1, 0.15) is 23.1 Å². The molecular formula is C25H25ClN4O4S. The number of nitrogens with zero attached hydrogens (tertiary/aromatic N) is 2. The van der Waals surface area contributed by atoms with E-state index >= 15 is 0 Å². The largest absolute Gasteiger partial charge is 0.457 e. The molecule has 0 unspecified atom stereocenters. The number of thioether (sulfide) groups is 1. The van der Waals surface area contributed by atoms with Crippen molar-refractivity contribution in [3.63, 3.8) is 0 Å². The number of nitrogen functional groups attached to an aromatic ring is 1.